The summed E-state index contributed by atoms with van der Waals surface area (Å²) in [6.07, 6.45) is 3.53. The van der Waals surface area contributed by atoms with Crippen LogP contribution in [0.4, 0.5) is 4.79 Å². The van der Waals surface area contributed by atoms with Crippen LogP contribution in [0.1, 0.15) is 70.3 Å². The molecule has 0 saturated heterocycles. The van der Waals surface area contributed by atoms with Gasteiger partial charge in [0.25, 0.3) is 0 Å². The van der Waals surface area contributed by atoms with Crippen LogP contribution in [0.25, 0.3) is 0 Å². The van der Waals surface area contributed by atoms with Gasteiger partial charge < -0.3 is 14.8 Å². The predicted molar refractivity (Wildman–Crippen MR) is 122 cm³/mol. The summed E-state index contributed by atoms with van der Waals surface area (Å²) in [6.45, 7) is 12.0. The van der Waals surface area contributed by atoms with Crippen molar-refractivity contribution in [2.24, 2.45) is 0 Å². The second kappa shape index (κ2) is 8.65. The van der Waals surface area contributed by atoms with E-state index in [2.05, 4.69) is 10.3 Å². The van der Waals surface area contributed by atoms with Crippen LogP contribution in [0.3, 0.4) is 0 Å². The molecule has 7 nitrogen and oxygen atoms in total. The molecular weight excluding hydrogens is 412 g/mol. The Morgan fingerprint density at radius 2 is 1.84 bits per heavy atom. The molecular formula is C23H34N4O3S. The summed E-state index contributed by atoms with van der Waals surface area (Å²) in [5, 5.41) is 3.08. The molecule has 1 aromatic heterocycles. The molecule has 0 unspecified atom stereocenters. The molecule has 1 heterocycles. The minimum Gasteiger partial charge on any atom is -0.333 e. The van der Waals surface area contributed by atoms with Gasteiger partial charge in [0.05, 0.1) is 24.2 Å². The summed E-state index contributed by atoms with van der Waals surface area (Å²) in [5.74, 6) is -0.104. The zero-order chi connectivity index (χ0) is 23.0. The summed E-state index contributed by atoms with van der Waals surface area (Å²) in [7, 11) is -3.64. The number of carbonyl (C=O) groups excluding carboxylic acids is 1. The van der Waals surface area contributed by atoms with Crippen molar-refractivity contribution in [1.29, 1.82) is 0 Å². The summed E-state index contributed by atoms with van der Waals surface area (Å²) >= 11 is 0. The molecule has 0 radical (unpaired) electrons. The number of hydrogen-bond donors (Lipinski definition) is 1. The quantitative estimate of drug-likeness (QED) is 0.690. The molecule has 2 aromatic rings. The first-order chi connectivity index (χ1) is 14.4. The zero-order valence-corrected chi connectivity index (χ0v) is 20.2. The third-order valence-electron chi connectivity index (χ3n) is 5.17. The number of rotatable bonds is 7. The van der Waals surface area contributed by atoms with Gasteiger partial charge in [0.2, 0.25) is 15.0 Å². The third kappa shape index (κ3) is 5.87. The zero-order valence-electron chi connectivity index (χ0n) is 19.3. The average molecular weight is 447 g/mol. The minimum atomic E-state index is -3.64. The number of amides is 2. The Balaban J connectivity index is 1.89. The fraction of sp³-hybridized carbons (Fsp3) is 0.565. The van der Waals surface area contributed by atoms with Crippen molar-refractivity contribution in [1.82, 2.24) is 19.8 Å². The van der Waals surface area contributed by atoms with E-state index in [-0.39, 0.29) is 34.6 Å². The van der Waals surface area contributed by atoms with Crippen molar-refractivity contribution in [3.05, 3.63) is 47.3 Å². The lowest BCUT2D eigenvalue weighted by atomic mass is 10.1. The van der Waals surface area contributed by atoms with Crippen molar-refractivity contribution >= 4 is 15.9 Å². The Labute approximate surface area is 185 Å². The van der Waals surface area contributed by atoms with Crippen molar-refractivity contribution in [3.63, 3.8) is 0 Å². The van der Waals surface area contributed by atoms with Gasteiger partial charge in [-0.2, -0.15) is 0 Å². The molecule has 1 aliphatic rings. The molecule has 8 heteroatoms. The van der Waals surface area contributed by atoms with Crippen LogP contribution >= 0.6 is 0 Å². The van der Waals surface area contributed by atoms with Crippen LogP contribution in [-0.2, 0) is 22.1 Å². The maximum atomic E-state index is 13.2. The number of aryl methyl sites for hydroxylation is 1. The van der Waals surface area contributed by atoms with Crippen LogP contribution in [0, 0.1) is 6.92 Å². The average Bonchev–Trinajstić information content (AvgIpc) is 3.37. The predicted octanol–water partition coefficient (Wildman–Crippen LogP) is 4.22. The second-order valence-electron chi connectivity index (χ2n) is 9.78. The first-order valence-electron chi connectivity index (χ1n) is 10.8. The highest BCUT2D eigenvalue weighted by atomic mass is 32.2. The van der Waals surface area contributed by atoms with Crippen LogP contribution in [0.2, 0.25) is 0 Å². The van der Waals surface area contributed by atoms with E-state index >= 15 is 0 Å². The van der Waals surface area contributed by atoms with E-state index in [1.54, 1.807) is 15.7 Å². The van der Waals surface area contributed by atoms with E-state index in [9.17, 15) is 13.2 Å². The lowest BCUT2D eigenvalue weighted by Gasteiger charge is -2.29. The number of hydrogen-bond acceptors (Lipinski definition) is 4. The summed E-state index contributed by atoms with van der Waals surface area (Å²) < 4.78 is 28.2. The Morgan fingerprint density at radius 1 is 1.23 bits per heavy atom. The molecule has 0 aliphatic heterocycles. The number of nitrogens with zero attached hydrogens (tertiary/aromatic N) is 3. The molecule has 1 saturated carbocycles. The number of nitrogens with one attached hydrogen (secondary N) is 1. The summed E-state index contributed by atoms with van der Waals surface area (Å²) in [4.78, 5) is 19.0. The molecule has 170 valence electrons. The van der Waals surface area contributed by atoms with E-state index in [4.69, 9.17) is 0 Å². The molecule has 0 atom stereocenters. The number of imidazole rings is 1. The van der Waals surface area contributed by atoms with Gasteiger partial charge in [0.15, 0.2) is 0 Å². The van der Waals surface area contributed by atoms with Crippen LogP contribution in [0.15, 0.2) is 35.6 Å². The Kier molecular flexibility index (Phi) is 6.51. The highest BCUT2D eigenvalue weighted by molar-refractivity contribution is 7.90. The van der Waals surface area contributed by atoms with E-state index < -0.39 is 9.84 Å². The van der Waals surface area contributed by atoms with Gasteiger partial charge in [-0.1, -0.05) is 29.8 Å². The molecule has 3 rings (SSSR count). The number of urea groups is 1. The van der Waals surface area contributed by atoms with Gasteiger partial charge in [-0.25, -0.2) is 18.2 Å². The molecule has 1 N–H and O–H groups in total. The highest BCUT2D eigenvalue weighted by Crippen LogP contribution is 2.30. The smallest absolute Gasteiger partial charge is 0.318 e. The maximum Gasteiger partial charge on any atom is 0.318 e. The molecule has 0 bridgehead atoms. The topological polar surface area (TPSA) is 84.3 Å². The van der Waals surface area contributed by atoms with Crippen molar-refractivity contribution in [2.45, 2.75) is 89.5 Å². The van der Waals surface area contributed by atoms with Crippen molar-refractivity contribution in [3.8, 4) is 0 Å². The van der Waals surface area contributed by atoms with Crippen molar-refractivity contribution < 1.29 is 13.2 Å². The fourth-order valence-corrected chi connectivity index (χ4v) is 5.17. The molecule has 31 heavy (non-hydrogen) atoms. The number of sulfone groups is 1. The van der Waals surface area contributed by atoms with Gasteiger partial charge >= 0.3 is 6.03 Å². The lowest BCUT2D eigenvalue weighted by Crippen LogP contribution is -2.49. The van der Waals surface area contributed by atoms with E-state index in [1.165, 1.54) is 0 Å². The van der Waals surface area contributed by atoms with Crippen LogP contribution < -0.4 is 5.32 Å². The molecule has 1 aromatic carbocycles. The number of aromatic nitrogens is 2. The van der Waals surface area contributed by atoms with Gasteiger partial charge in [-0.05, 0) is 59.9 Å². The van der Waals surface area contributed by atoms with Gasteiger partial charge in [0.1, 0.15) is 0 Å². The Morgan fingerprint density at radius 3 is 2.35 bits per heavy atom. The van der Waals surface area contributed by atoms with Gasteiger partial charge in [-0.3, -0.25) is 0 Å². The van der Waals surface area contributed by atoms with E-state index in [1.807, 2.05) is 65.8 Å². The first kappa shape index (κ1) is 23.3. The van der Waals surface area contributed by atoms with Crippen LogP contribution in [-0.4, -0.2) is 40.5 Å². The largest absolute Gasteiger partial charge is 0.333 e. The Hall–Kier alpha value is -2.35. The fourth-order valence-electron chi connectivity index (χ4n) is 3.56. The molecule has 2 amide bonds. The van der Waals surface area contributed by atoms with Gasteiger partial charge in [-0.15, -0.1) is 0 Å². The SMILES string of the molecule is Cc1ccc(CS(=O)(=O)c2ncc(CN(C(=O)NC(C)(C)C)C3CC3)n2C(C)C)cc1. The van der Waals surface area contributed by atoms with E-state index in [0.717, 1.165) is 29.7 Å². The second-order valence-corrected chi connectivity index (χ2v) is 11.7. The van der Waals surface area contributed by atoms with Crippen molar-refractivity contribution in [2.75, 3.05) is 0 Å². The van der Waals surface area contributed by atoms with Gasteiger partial charge in [0, 0.05) is 17.6 Å². The molecule has 0 spiro atoms. The number of benzene rings is 1. The van der Waals surface area contributed by atoms with E-state index in [0.29, 0.717) is 6.54 Å². The molecule has 1 fully saturated rings. The lowest BCUT2D eigenvalue weighted by molar-refractivity contribution is 0.181. The summed E-state index contributed by atoms with van der Waals surface area (Å²) in [5.41, 5.74) is 2.20. The highest BCUT2D eigenvalue weighted by Gasteiger charge is 2.35. The minimum absolute atomic E-state index is 0.0602. The molecule has 1 aliphatic carbocycles. The first-order valence-corrected chi connectivity index (χ1v) is 12.5. The Bertz CT molecular complexity index is 1030. The normalized spacial score (nSPS) is 14.7. The van der Waals surface area contributed by atoms with Crippen LogP contribution in [0.5, 0.6) is 0 Å². The monoisotopic (exact) mass is 446 g/mol. The standard InChI is InChI=1S/C23H34N4O3S/c1-16(2)27-20(14-26(19-11-12-19)21(28)25-23(4,5)6)13-24-22(27)31(29,30)15-18-9-7-17(3)8-10-18/h7-10,13,16,19H,11-12,14-15H2,1-6H3,(H,25,28). The number of carbonyl (C=O) groups is 1. The summed E-state index contributed by atoms with van der Waals surface area (Å²) in [6, 6.07) is 7.44. The third-order valence-corrected chi connectivity index (χ3v) is 6.75. The maximum absolute atomic E-state index is 13.2.